The minimum absolute atomic E-state index is 0.145. The van der Waals surface area contributed by atoms with Crippen molar-refractivity contribution in [3.8, 4) is 12.1 Å². The van der Waals surface area contributed by atoms with Gasteiger partial charge < -0.3 is 23.7 Å². The standard InChI is InChI=1S/C33H32N2O5/c1-31(2)39-30-28(38-29(32(30,3)40-31)24(21-35)22-36-20-19-34)23-37-33(25-13-7-4-8-14-25,26-15-9-5-10-16-26)27-17-11-6-12-18-27/h4-18,22,28-30H,20,23H2,1-3H3/b24-22+/t28-,29?,30-,32+/m1/s1. The van der Waals surface area contributed by atoms with Crippen LogP contribution in [-0.2, 0) is 29.3 Å². The van der Waals surface area contributed by atoms with Crippen LogP contribution in [0.15, 0.2) is 103 Å². The average Bonchev–Trinajstić information content (AvgIpc) is 3.38. The Balaban J connectivity index is 1.55. The highest BCUT2D eigenvalue weighted by molar-refractivity contribution is 5.47. The zero-order chi connectivity index (χ0) is 28.2. The maximum Gasteiger partial charge on any atom is 0.173 e. The lowest BCUT2D eigenvalue weighted by atomic mass is 9.80. The summed E-state index contributed by atoms with van der Waals surface area (Å²) in [7, 11) is 0. The molecule has 7 nitrogen and oxygen atoms in total. The van der Waals surface area contributed by atoms with Gasteiger partial charge in [0.15, 0.2) is 12.4 Å². The first-order valence-electron chi connectivity index (χ1n) is 13.3. The quantitative estimate of drug-likeness (QED) is 0.152. The van der Waals surface area contributed by atoms with Crippen molar-refractivity contribution in [2.24, 2.45) is 0 Å². The SMILES string of the molecule is CC1(C)O[C@@H]2[C@@H](COC(c3ccccc3)(c3ccccc3)c3ccccc3)OC(/C(C#N)=C/OCC#N)[C@]2(C)O1. The highest BCUT2D eigenvalue weighted by Gasteiger charge is 2.64. The van der Waals surface area contributed by atoms with Gasteiger partial charge in [0.2, 0.25) is 0 Å². The molecule has 2 heterocycles. The summed E-state index contributed by atoms with van der Waals surface area (Å²) in [4.78, 5) is 0. The molecule has 204 valence electrons. The lowest BCUT2D eigenvalue weighted by molar-refractivity contribution is -0.203. The first-order valence-corrected chi connectivity index (χ1v) is 13.3. The van der Waals surface area contributed by atoms with Gasteiger partial charge in [-0.25, -0.2) is 0 Å². The van der Waals surface area contributed by atoms with Crippen LogP contribution in [0.25, 0.3) is 0 Å². The molecule has 0 aromatic heterocycles. The summed E-state index contributed by atoms with van der Waals surface area (Å²) >= 11 is 0. The van der Waals surface area contributed by atoms with Gasteiger partial charge in [-0.05, 0) is 37.5 Å². The fourth-order valence-electron chi connectivity index (χ4n) is 5.86. The third-order valence-corrected chi connectivity index (χ3v) is 7.39. The van der Waals surface area contributed by atoms with Crippen molar-refractivity contribution >= 4 is 0 Å². The van der Waals surface area contributed by atoms with Crippen LogP contribution in [0.2, 0.25) is 0 Å². The highest BCUT2D eigenvalue weighted by Crippen LogP contribution is 2.49. The summed E-state index contributed by atoms with van der Waals surface area (Å²) in [5, 5.41) is 18.8. The fraction of sp³-hybridized carbons (Fsp3) is 0.333. The highest BCUT2D eigenvalue weighted by atomic mass is 16.8. The number of rotatable bonds is 9. The summed E-state index contributed by atoms with van der Waals surface area (Å²) in [5.41, 5.74) is 1.19. The van der Waals surface area contributed by atoms with Crippen molar-refractivity contribution in [3.05, 3.63) is 120 Å². The molecule has 7 heteroatoms. The van der Waals surface area contributed by atoms with Gasteiger partial charge >= 0.3 is 0 Å². The van der Waals surface area contributed by atoms with E-state index in [1.807, 2.05) is 81.4 Å². The summed E-state index contributed by atoms with van der Waals surface area (Å²) < 4.78 is 31.5. The third-order valence-electron chi connectivity index (χ3n) is 7.39. The van der Waals surface area contributed by atoms with Crippen LogP contribution in [0.3, 0.4) is 0 Å². The topological polar surface area (TPSA) is 93.7 Å². The van der Waals surface area contributed by atoms with Gasteiger partial charge in [0.1, 0.15) is 47.9 Å². The van der Waals surface area contributed by atoms with E-state index in [1.54, 1.807) is 0 Å². The van der Waals surface area contributed by atoms with Crippen LogP contribution in [0, 0.1) is 22.7 Å². The van der Waals surface area contributed by atoms with E-state index in [2.05, 4.69) is 42.5 Å². The molecule has 2 fully saturated rings. The zero-order valence-corrected chi connectivity index (χ0v) is 22.8. The summed E-state index contributed by atoms with van der Waals surface area (Å²) in [6.45, 7) is 5.53. The Labute approximate surface area is 235 Å². The van der Waals surface area contributed by atoms with Gasteiger partial charge in [-0.1, -0.05) is 91.0 Å². The first kappa shape index (κ1) is 27.6. The van der Waals surface area contributed by atoms with E-state index in [4.69, 9.17) is 28.9 Å². The molecule has 0 aliphatic carbocycles. The van der Waals surface area contributed by atoms with Crippen LogP contribution in [0.5, 0.6) is 0 Å². The van der Waals surface area contributed by atoms with E-state index in [1.165, 1.54) is 6.26 Å². The van der Waals surface area contributed by atoms with Gasteiger partial charge in [0.25, 0.3) is 0 Å². The second kappa shape index (κ2) is 11.3. The number of nitrogens with zero attached hydrogens (tertiary/aromatic N) is 2. The van der Waals surface area contributed by atoms with Gasteiger partial charge in [0.05, 0.1) is 12.2 Å². The van der Waals surface area contributed by atoms with E-state index in [0.29, 0.717) is 0 Å². The molecule has 0 spiro atoms. The number of hydrogen-bond acceptors (Lipinski definition) is 7. The molecule has 40 heavy (non-hydrogen) atoms. The number of hydrogen-bond donors (Lipinski definition) is 0. The van der Waals surface area contributed by atoms with Gasteiger partial charge in [-0.2, -0.15) is 10.5 Å². The molecule has 0 amide bonds. The van der Waals surface area contributed by atoms with Crippen LogP contribution in [0.4, 0.5) is 0 Å². The van der Waals surface area contributed by atoms with Crippen molar-refractivity contribution in [2.75, 3.05) is 13.2 Å². The first-order chi connectivity index (χ1) is 19.3. The molecule has 0 saturated carbocycles. The zero-order valence-electron chi connectivity index (χ0n) is 22.8. The van der Waals surface area contributed by atoms with E-state index >= 15 is 0 Å². The van der Waals surface area contributed by atoms with Crippen LogP contribution < -0.4 is 0 Å². The van der Waals surface area contributed by atoms with Crippen molar-refractivity contribution in [3.63, 3.8) is 0 Å². The predicted molar refractivity (Wildman–Crippen MR) is 148 cm³/mol. The molecule has 2 saturated heterocycles. The number of nitriles is 2. The predicted octanol–water partition coefficient (Wildman–Crippen LogP) is 5.62. The maximum absolute atomic E-state index is 9.95. The monoisotopic (exact) mass is 536 g/mol. The molecule has 0 radical (unpaired) electrons. The number of ether oxygens (including phenoxy) is 5. The summed E-state index contributed by atoms with van der Waals surface area (Å²) in [6, 6.07) is 34.4. The summed E-state index contributed by atoms with van der Waals surface area (Å²) in [5.74, 6) is -0.900. The Hall–Kier alpha value is -3.98. The van der Waals surface area contributed by atoms with Crippen LogP contribution in [-0.4, -0.2) is 42.9 Å². The van der Waals surface area contributed by atoms with Crippen LogP contribution in [0.1, 0.15) is 37.5 Å². The number of benzene rings is 3. The van der Waals surface area contributed by atoms with Crippen molar-refractivity contribution < 1.29 is 23.7 Å². The molecule has 4 atom stereocenters. The minimum Gasteiger partial charge on any atom is -0.485 e. The summed E-state index contributed by atoms with van der Waals surface area (Å²) in [6.07, 6.45) is -0.604. The molecule has 1 unspecified atom stereocenters. The maximum atomic E-state index is 9.95. The Morgan fingerprint density at radius 1 is 0.875 bits per heavy atom. The Morgan fingerprint density at radius 3 is 1.88 bits per heavy atom. The lowest BCUT2D eigenvalue weighted by Crippen LogP contribution is -2.45. The van der Waals surface area contributed by atoms with Gasteiger partial charge in [0, 0.05) is 0 Å². The molecule has 3 aromatic rings. The normalized spacial score (nSPS) is 25.5. The Bertz CT molecular complexity index is 1320. The Kier molecular flexibility index (Phi) is 7.76. The van der Waals surface area contributed by atoms with Gasteiger partial charge in [-0.3, -0.25) is 0 Å². The molecule has 2 aliphatic heterocycles. The Morgan fingerprint density at radius 2 is 1.40 bits per heavy atom. The van der Waals surface area contributed by atoms with Gasteiger partial charge in [-0.15, -0.1) is 0 Å². The van der Waals surface area contributed by atoms with Crippen molar-refractivity contribution in [1.29, 1.82) is 10.5 Å². The fourth-order valence-corrected chi connectivity index (χ4v) is 5.86. The second-order valence-corrected chi connectivity index (χ2v) is 10.5. The molecular formula is C33H32N2O5. The minimum atomic E-state index is -0.982. The van der Waals surface area contributed by atoms with E-state index in [9.17, 15) is 5.26 Å². The van der Waals surface area contributed by atoms with E-state index in [0.717, 1.165) is 16.7 Å². The molecule has 0 bridgehead atoms. The van der Waals surface area contributed by atoms with Crippen LogP contribution >= 0.6 is 0 Å². The average molecular weight is 537 g/mol. The lowest BCUT2D eigenvalue weighted by Gasteiger charge is -2.37. The van der Waals surface area contributed by atoms with E-state index < -0.39 is 35.3 Å². The molecule has 2 aliphatic rings. The largest absolute Gasteiger partial charge is 0.485 e. The van der Waals surface area contributed by atoms with Crippen molar-refractivity contribution in [1.82, 2.24) is 0 Å². The third kappa shape index (κ3) is 5.01. The van der Waals surface area contributed by atoms with E-state index in [-0.39, 0.29) is 18.8 Å². The second-order valence-electron chi connectivity index (χ2n) is 10.5. The number of fused-ring (bicyclic) bond motifs is 1. The molecule has 0 N–H and O–H groups in total. The molecule has 3 aromatic carbocycles. The smallest absolute Gasteiger partial charge is 0.173 e. The molecule has 5 rings (SSSR count). The molecular weight excluding hydrogens is 504 g/mol. The van der Waals surface area contributed by atoms with Crippen molar-refractivity contribution in [2.45, 2.75) is 56.1 Å².